The zero-order valence-corrected chi connectivity index (χ0v) is 6.82. The van der Waals surface area contributed by atoms with Crippen molar-refractivity contribution < 1.29 is 15.0 Å². The van der Waals surface area contributed by atoms with Crippen LogP contribution in [-0.2, 0) is 0 Å². The Morgan fingerprint density at radius 2 is 1.75 bits per heavy atom. The smallest absolute Gasteiger partial charge is 0.252 e. The standard InChI is InChI=1S/C8H7ClO3/c9-7(10)5-1-3-6(4-2-5)8(11)12/h1-4,8,11-12H. The number of carbonyl (C=O) groups is 1. The summed E-state index contributed by atoms with van der Waals surface area (Å²) < 4.78 is 0. The predicted molar refractivity (Wildman–Crippen MR) is 43.8 cm³/mol. The van der Waals surface area contributed by atoms with E-state index in [9.17, 15) is 4.79 Å². The summed E-state index contributed by atoms with van der Waals surface area (Å²) >= 11 is 5.17. The molecule has 0 atom stereocenters. The Labute approximate surface area is 74.2 Å². The second-order valence-corrected chi connectivity index (χ2v) is 2.61. The third-order valence-corrected chi connectivity index (χ3v) is 1.65. The van der Waals surface area contributed by atoms with Gasteiger partial charge in [-0.15, -0.1) is 0 Å². The van der Waals surface area contributed by atoms with Gasteiger partial charge in [0.15, 0.2) is 6.29 Å². The summed E-state index contributed by atoms with van der Waals surface area (Å²) in [7, 11) is 0. The first kappa shape index (κ1) is 9.19. The highest BCUT2D eigenvalue weighted by Gasteiger charge is 2.04. The van der Waals surface area contributed by atoms with Gasteiger partial charge >= 0.3 is 0 Å². The fraction of sp³-hybridized carbons (Fsp3) is 0.125. The Morgan fingerprint density at radius 3 is 2.08 bits per heavy atom. The summed E-state index contributed by atoms with van der Waals surface area (Å²) in [5, 5.41) is 16.8. The van der Waals surface area contributed by atoms with Crippen molar-refractivity contribution >= 4 is 16.8 Å². The zero-order chi connectivity index (χ0) is 9.14. The van der Waals surface area contributed by atoms with Gasteiger partial charge in [0, 0.05) is 11.1 Å². The summed E-state index contributed by atoms with van der Waals surface area (Å²) in [6.45, 7) is 0. The quantitative estimate of drug-likeness (QED) is 0.536. The number of aliphatic hydroxyl groups excluding tert-OH is 1. The van der Waals surface area contributed by atoms with Crippen LogP contribution in [0.1, 0.15) is 22.2 Å². The van der Waals surface area contributed by atoms with E-state index in [0.717, 1.165) is 0 Å². The first-order valence-corrected chi connectivity index (χ1v) is 3.65. The monoisotopic (exact) mass is 186 g/mol. The van der Waals surface area contributed by atoms with E-state index in [1.165, 1.54) is 24.3 Å². The van der Waals surface area contributed by atoms with E-state index in [0.29, 0.717) is 11.1 Å². The fourth-order valence-corrected chi connectivity index (χ4v) is 0.912. The van der Waals surface area contributed by atoms with E-state index >= 15 is 0 Å². The van der Waals surface area contributed by atoms with Crippen LogP contribution in [0.4, 0.5) is 0 Å². The molecule has 2 N–H and O–H groups in total. The molecular formula is C8H7ClO3. The van der Waals surface area contributed by atoms with Crippen molar-refractivity contribution in [3.63, 3.8) is 0 Å². The lowest BCUT2D eigenvalue weighted by atomic mass is 10.1. The number of rotatable bonds is 2. The van der Waals surface area contributed by atoms with Crippen LogP contribution in [0.15, 0.2) is 24.3 Å². The Balaban J connectivity index is 2.93. The minimum absolute atomic E-state index is 0.330. The van der Waals surface area contributed by atoms with Gasteiger partial charge in [-0.1, -0.05) is 12.1 Å². The molecule has 0 saturated heterocycles. The molecular weight excluding hydrogens is 180 g/mol. The summed E-state index contributed by atoms with van der Waals surface area (Å²) in [5.41, 5.74) is 0.665. The number of benzene rings is 1. The molecule has 0 saturated carbocycles. The Kier molecular flexibility index (Phi) is 2.81. The van der Waals surface area contributed by atoms with Gasteiger partial charge in [0.25, 0.3) is 5.24 Å². The second kappa shape index (κ2) is 3.67. The first-order chi connectivity index (χ1) is 5.61. The lowest BCUT2D eigenvalue weighted by Crippen LogP contribution is -1.95. The van der Waals surface area contributed by atoms with Crippen LogP contribution in [0.3, 0.4) is 0 Å². The molecule has 0 aliphatic heterocycles. The van der Waals surface area contributed by atoms with Gasteiger partial charge in [-0.2, -0.15) is 0 Å². The van der Waals surface area contributed by atoms with E-state index in [1.807, 2.05) is 0 Å². The molecule has 0 fully saturated rings. The van der Waals surface area contributed by atoms with Crippen molar-refractivity contribution in [3.05, 3.63) is 35.4 Å². The van der Waals surface area contributed by atoms with Crippen LogP contribution >= 0.6 is 11.6 Å². The van der Waals surface area contributed by atoms with Gasteiger partial charge in [0.05, 0.1) is 0 Å². The van der Waals surface area contributed by atoms with E-state index in [1.54, 1.807) is 0 Å². The number of aliphatic hydroxyl groups is 2. The molecule has 0 spiro atoms. The Bertz CT molecular complexity index is 279. The maximum atomic E-state index is 10.6. The largest absolute Gasteiger partial charge is 0.364 e. The molecule has 0 aromatic heterocycles. The number of hydrogen-bond acceptors (Lipinski definition) is 3. The van der Waals surface area contributed by atoms with Crippen molar-refractivity contribution in [2.45, 2.75) is 6.29 Å². The lowest BCUT2D eigenvalue weighted by Gasteiger charge is -2.02. The van der Waals surface area contributed by atoms with Crippen molar-refractivity contribution in [2.75, 3.05) is 0 Å². The summed E-state index contributed by atoms with van der Waals surface area (Å²) in [4.78, 5) is 10.6. The number of carbonyl (C=O) groups excluding carboxylic acids is 1. The maximum Gasteiger partial charge on any atom is 0.252 e. The van der Waals surface area contributed by atoms with Gasteiger partial charge in [-0.05, 0) is 23.7 Å². The molecule has 0 amide bonds. The zero-order valence-electron chi connectivity index (χ0n) is 6.07. The average Bonchev–Trinajstić information content (AvgIpc) is 2.04. The van der Waals surface area contributed by atoms with Crippen LogP contribution in [-0.4, -0.2) is 15.5 Å². The summed E-state index contributed by atoms with van der Waals surface area (Å²) in [5.74, 6) is 0. The molecule has 0 aliphatic rings. The highest BCUT2D eigenvalue weighted by atomic mass is 35.5. The van der Waals surface area contributed by atoms with Gasteiger partial charge in [0.1, 0.15) is 0 Å². The number of halogens is 1. The highest BCUT2D eigenvalue weighted by molar-refractivity contribution is 6.67. The van der Waals surface area contributed by atoms with E-state index in [4.69, 9.17) is 21.8 Å². The van der Waals surface area contributed by atoms with Crippen LogP contribution in [0.25, 0.3) is 0 Å². The fourth-order valence-electron chi connectivity index (χ4n) is 0.786. The minimum Gasteiger partial charge on any atom is -0.364 e. The van der Waals surface area contributed by atoms with Crippen LogP contribution in [0.5, 0.6) is 0 Å². The minimum atomic E-state index is -1.51. The predicted octanol–water partition coefficient (Wildman–Crippen LogP) is 1.05. The molecule has 12 heavy (non-hydrogen) atoms. The van der Waals surface area contributed by atoms with Gasteiger partial charge in [-0.3, -0.25) is 4.79 Å². The molecule has 1 aromatic carbocycles. The third kappa shape index (κ3) is 2.04. The molecule has 0 heterocycles. The van der Waals surface area contributed by atoms with Crippen LogP contribution < -0.4 is 0 Å². The highest BCUT2D eigenvalue weighted by Crippen LogP contribution is 2.11. The topological polar surface area (TPSA) is 57.5 Å². The third-order valence-electron chi connectivity index (χ3n) is 1.44. The van der Waals surface area contributed by atoms with Crippen LogP contribution in [0, 0.1) is 0 Å². The van der Waals surface area contributed by atoms with Crippen molar-refractivity contribution in [1.82, 2.24) is 0 Å². The normalized spacial score (nSPS) is 10.3. The Morgan fingerprint density at radius 1 is 1.25 bits per heavy atom. The van der Waals surface area contributed by atoms with Gasteiger partial charge in [0.2, 0.25) is 0 Å². The van der Waals surface area contributed by atoms with Crippen molar-refractivity contribution in [1.29, 1.82) is 0 Å². The molecule has 0 bridgehead atoms. The van der Waals surface area contributed by atoms with Gasteiger partial charge < -0.3 is 10.2 Å². The first-order valence-electron chi connectivity index (χ1n) is 3.27. The van der Waals surface area contributed by atoms with E-state index in [-0.39, 0.29) is 0 Å². The summed E-state index contributed by atoms with van der Waals surface area (Å²) in [6.07, 6.45) is -1.51. The van der Waals surface area contributed by atoms with E-state index in [2.05, 4.69) is 0 Å². The number of hydrogen-bond donors (Lipinski definition) is 2. The maximum absolute atomic E-state index is 10.6. The molecule has 0 aliphatic carbocycles. The van der Waals surface area contributed by atoms with Crippen LogP contribution in [0.2, 0.25) is 0 Å². The Hall–Kier alpha value is -0.900. The summed E-state index contributed by atoms with van der Waals surface area (Å²) in [6, 6.07) is 5.73. The lowest BCUT2D eigenvalue weighted by molar-refractivity contribution is -0.0424. The molecule has 1 aromatic rings. The van der Waals surface area contributed by atoms with Crippen molar-refractivity contribution in [2.24, 2.45) is 0 Å². The molecule has 1 rings (SSSR count). The molecule has 3 nitrogen and oxygen atoms in total. The molecule has 0 unspecified atom stereocenters. The SMILES string of the molecule is O=C(Cl)c1ccc(C(O)O)cc1. The molecule has 4 heteroatoms. The second-order valence-electron chi connectivity index (χ2n) is 2.27. The molecule has 0 radical (unpaired) electrons. The van der Waals surface area contributed by atoms with E-state index < -0.39 is 11.5 Å². The average molecular weight is 187 g/mol. The molecule has 64 valence electrons. The van der Waals surface area contributed by atoms with Crippen molar-refractivity contribution in [3.8, 4) is 0 Å². The van der Waals surface area contributed by atoms with Gasteiger partial charge in [-0.25, -0.2) is 0 Å².